The van der Waals surface area contributed by atoms with Gasteiger partial charge < -0.3 is 14.6 Å². The zero-order chi connectivity index (χ0) is 23.2. The van der Waals surface area contributed by atoms with Crippen LogP contribution < -0.4 is 10.1 Å². The molecule has 0 bridgehead atoms. The Hall–Kier alpha value is -3.38. The van der Waals surface area contributed by atoms with Gasteiger partial charge in [-0.25, -0.2) is 4.98 Å². The Labute approximate surface area is 198 Å². The smallest absolute Gasteiger partial charge is 0.251 e. The summed E-state index contributed by atoms with van der Waals surface area (Å²) in [7, 11) is 0. The highest BCUT2D eigenvalue weighted by molar-refractivity contribution is 6.32. The fraction of sp³-hybridized carbons (Fsp3) is 0.269. The predicted molar refractivity (Wildman–Crippen MR) is 131 cm³/mol. The highest BCUT2D eigenvalue weighted by atomic mass is 35.5. The summed E-state index contributed by atoms with van der Waals surface area (Å²) in [6, 6.07) is 15.5. The second kappa shape index (κ2) is 10.5. The number of nitrogens with zero attached hydrogens (tertiary/aromatic N) is 3. The van der Waals surface area contributed by atoms with Gasteiger partial charge in [0.25, 0.3) is 5.91 Å². The Morgan fingerprint density at radius 2 is 1.82 bits per heavy atom. The van der Waals surface area contributed by atoms with E-state index in [4.69, 9.17) is 21.3 Å². The first-order chi connectivity index (χ1) is 16.0. The van der Waals surface area contributed by atoms with E-state index < -0.39 is 0 Å². The number of imidazole rings is 1. The van der Waals surface area contributed by atoms with Crippen molar-refractivity contribution in [3.05, 3.63) is 88.5 Å². The molecule has 0 aliphatic carbocycles. The molecular weight excluding hydrogens is 436 g/mol. The molecule has 1 N–H and O–H groups in total. The molecular formula is C26H27ClN4O2. The molecule has 170 valence electrons. The molecule has 2 aromatic carbocycles. The Morgan fingerprint density at radius 3 is 2.58 bits per heavy atom. The summed E-state index contributed by atoms with van der Waals surface area (Å²) < 4.78 is 8.24. The zero-order valence-electron chi connectivity index (χ0n) is 18.8. The maximum absolute atomic E-state index is 12.2. The third-order valence-electron chi connectivity index (χ3n) is 5.53. The number of rotatable bonds is 9. The lowest BCUT2D eigenvalue weighted by molar-refractivity contribution is 0.0953. The van der Waals surface area contributed by atoms with Gasteiger partial charge in [0, 0.05) is 35.9 Å². The summed E-state index contributed by atoms with van der Waals surface area (Å²) in [5.41, 5.74) is 4.68. The number of pyridine rings is 1. The van der Waals surface area contributed by atoms with Crippen molar-refractivity contribution in [3.63, 3.8) is 0 Å². The molecule has 0 spiro atoms. The third-order valence-corrected chi connectivity index (χ3v) is 6.13. The molecule has 0 saturated heterocycles. The number of hydrogen-bond acceptors (Lipinski definition) is 4. The van der Waals surface area contributed by atoms with Gasteiger partial charge >= 0.3 is 0 Å². The Balaban J connectivity index is 1.39. The van der Waals surface area contributed by atoms with Gasteiger partial charge in [-0.1, -0.05) is 23.7 Å². The van der Waals surface area contributed by atoms with E-state index in [0.717, 1.165) is 51.6 Å². The molecule has 2 heterocycles. The van der Waals surface area contributed by atoms with Crippen LogP contribution in [0.15, 0.2) is 60.9 Å². The first-order valence-electron chi connectivity index (χ1n) is 11.0. The van der Waals surface area contributed by atoms with Crippen LogP contribution in [0.1, 0.15) is 33.7 Å². The van der Waals surface area contributed by atoms with Crippen molar-refractivity contribution in [2.75, 3.05) is 13.2 Å². The van der Waals surface area contributed by atoms with Crippen molar-refractivity contribution >= 4 is 28.5 Å². The number of nitrogens with one attached hydrogen (secondary N) is 1. The number of hydrogen-bond donors (Lipinski definition) is 1. The molecule has 4 aromatic rings. The average Bonchev–Trinajstić information content (AvgIpc) is 3.18. The largest absolute Gasteiger partial charge is 0.492 e. The van der Waals surface area contributed by atoms with Crippen molar-refractivity contribution < 1.29 is 9.53 Å². The van der Waals surface area contributed by atoms with E-state index in [1.807, 2.05) is 44.2 Å². The Kier molecular flexibility index (Phi) is 7.25. The normalized spacial score (nSPS) is 11.0. The zero-order valence-corrected chi connectivity index (χ0v) is 19.6. The Bertz CT molecular complexity index is 1230. The van der Waals surface area contributed by atoms with Crippen LogP contribution in [0.25, 0.3) is 11.0 Å². The molecule has 0 aliphatic rings. The van der Waals surface area contributed by atoms with Crippen LogP contribution in [0.4, 0.5) is 0 Å². The van der Waals surface area contributed by atoms with Crippen LogP contribution in [0.3, 0.4) is 0 Å². The lowest BCUT2D eigenvalue weighted by Gasteiger charge is -2.13. The number of halogens is 1. The molecule has 0 aliphatic heterocycles. The molecule has 2 aromatic heterocycles. The quantitative estimate of drug-likeness (QED) is 0.349. The van der Waals surface area contributed by atoms with Crippen LogP contribution in [-0.4, -0.2) is 33.6 Å². The summed E-state index contributed by atoms with van der Waals surface area (Å²) in [6.45, 7) is 5.74. The SMILES string of the molecule is Cc1cc(OCCn2c(CCCNC(=O)c3ccncc3)nc3ccccc32)cc(C)c1Cl. The highest BCUT2D eigenvalue weighted by Gasteiger charge is 2.11. The summed E-state index contributed by atoms with van der Waals surface area (Å²) in [6.07, 6.45) is 4.78. The molecule has 6 nitrogen and oxygen atoms in total. The number of benzene rings is 2. The topological polar surface area (TPSA) is 69.0 Å². The van der Waals surface area contributed by atoms with Gasteiger partial charge in [0.15, 0.2) is 0 Å². The fourth-order valence-electron chi connectivity index (χ4n) is 3.86. The van der Waals surface area contributed by atoms with Gasteiger partial charge in [-0.3, -0.25) is 9.78 Å². The Morgan fingerprint density at radius 1 is 1.09 bits per heavy atom. The number of aryl methyl sites for hydroxylation is 3. The third kappa shape index (κ3) is 5.52. The maximum atomic E-state index is 12.2. The summed E-state index contributed by atoms with van der Waals surface area (Å²) in [5.74, 6) is 1.72. The standard InChI is InChI=1S/C26H27ClN4O2/c1-18-16-21(17-19(2)25(18)27)33-15-14-31-23-7-4-3-6-22(23)30-24(31)8-5-11-29-26(32)20-9-12-28-13-10-20/h3-4,6-7,9-10,12-13,16-17H,5,8,11,14-15H2,1-2H3,(H,29,32). The van der Waals surface area contributed by atoms with Crippen molar-refractivity contribution in [2.24, 2.45) is 0 Å². The molecule has 0 radical (unpaired) electrons. The lowest BCUT2D eigenvalue weighted by atomic mass is 10.1. The second-order valence-corrected chi connectivity index (χ2v) is 8.36. The van der Waals surface area contributed by atoms with Crippen molar-refractivity contribution in [2.45, 2.75) is 33.2 Å². The minimum atomic E-state index is -0.0899. The lowest BCUT2D eigenvalue weighted by Crippen LogP contribution is -2.25. The number of carbonyl (C=O) groups is 1. The van der Waals surface area contributed by atoms with Gasteiger partial charge in [-0.05, 0) is 67.8 Å². The number of para-hydroxylation sites is 2. The van der Waals surface area contributed by atoms with Gasteiger partial charge in [-0.2, -0.15) is 0 Å². The summed E-state index contributed by atoms with van der Waals surface area (Å²) >= 11 is 6.27. The van der Waals surface area contributed by atoms with Gasteiger partial charge in [-0.15, -0.1) is 0 Å². The van der Waals surface area contributed by atoms with Crippen LogP contribution >= 0.6 is 11.6 Å². The van der Waals surface area contributed by atoms with E-state index in [1.165, 1.54) is 0 Å². The molecule has 0 fully saturated rings. The maximum Gasteiger partial charge on any atom is 0.251 e. The van der Waals surface area contributed by atoms with E-state index in [1.54, 1.807) is 24.5 Å². The molecule has 4 rings (SSSR count). The van der Waals surface area contributed by atoms with Gasteiger partial charge in [0.05, 0.1) is 17.6 Å². The number of carbonyl (C=O) groups excluding carboxylic acids is 1. The molecule has 0 unspecified atom stereocenters. The molecule has 7 heteroatoms. The molecule has 33 heavy (non-hydrogen) atoms. The van der Waals surface area contributed by atoms with Crippen molar-refractivity contribution in [3.8, 4) is 5.75 Å². The van der Waals surface area contributed by atoms with Crippen LogP contribution in [0, 0.1) is 13.8 Å². The van der Waals surface area contributed by atoms with Gasteiger partial charge in [0.2, 0.25) is 0 Å². The van der Waals surface area contributed by atoms with Crippen LogP contribution in [-0.2, 0) is 13.0 Å². The molecule has 0 saturated carbocycles. The monoisotopic (exact) mass is 462 g/mol. The molecule has 1 amide bonds. The van der Waals surface area contributed by atoms with E-state index in [2.05, 4.69) is 20.9 Å². The van der Waals surface area contributed by atoms with E-state index in [0.29, 0.717) is 25.3 Å². The number of fused-ring (bicyclic) bond motifs is 1. The van der Waals surface area contributed by atoms with Crippen molar-refractivity contribution in [1.82, 2.24) is 19.9 Å². The minimum absolute atomic E-state index is 0.0899. The number of aromatic nitrogens is 3. The van der Waals surface area contributed by atoms with Crippen LogP contribution in [0.5, 0.6) is 5.75 Å². The first-order valence-corrected chi connectivity index (χ1v) is 11.4. The highest BCUT2D eigenvalue weighted by Crippen LogP contribution is 2.26. The van der Waals surface area contributed by atoms with E-state index in [-0.39, 0.29) is 5.91 Å². The van der Waals surface area contributed by atoms with Crippen LogP contribution in [0.2, 0.25) is 5.02 Å². The molecule has 0 atom stereocenters. The number of amides is 1. The summed E-state index contributed by atoms with van der Waals surface area (Å²) in [4.78, 5) is 21.0. The van der Waals surface area contributed by atoms with Gasteiger partial charge in [0.1, 0.15) is 18.2 Å². The van der Waals surface area contributed by atoms with E-state index >= 15 is 0 Å². The first kappa shape index (κ1) is 22.8. The van der Waals surface area contributed by atoms with E-state index in [9.17, 15) is 4.79 Å². The van der Waals surface area contributed by atoms with Crippen molar-refractivity contribution in [1.29, 1.82) is 0 Å². The minimum Gasteiger partial charge on any atom is -0.492 e. The number of ether oxygens (including phenoxy) is 1. The average molecular weight is 463 g/mol. The predicted octanol–water partition coefficient (Wildman–Crippen LogP) is 5.14. The fourth-order valence-corrected chi connectivity index (χ4v) is 3.97. The summed E-state index contributed by atoms with van der Waals surface area (Å²) in [5, 5.41) is 3.74. The second-order valence-electron chi connectivity index (χ2n) is 7.98.